The monoisotopic (exact) mass is 213 g/mol. The molecular formula is C12H11N3O. The molecular weight excluding hydrogens is 202 g/mol. The first-order chi connectivity index (χ1) is 7.74. The summed E-state index contributed by atoms with van der Waals surface area (Å²) >= 11 is 0. The fraction of sp³-hybridized carbons (Fsp3) is 0.167. The maximum Gasteiger partial charge on any atom is 0.242 e. The molecule has 80 valence electrons. The number of isocyanates is 1. The summed E-state index contributed by atoms with van der Waals surface area (Å²) < 4.78 is 1.59. The number of nitrogens with zero attached hydrogens (tertiary/aromatic N) is 3. The molecule has 0 aliphatic carbocycles. The Morgan fingerprint density at radius 3 is 2.62 bits per heavy atom. The molecule has 2 aromatic rings. The molecule has 0 N–H and O–H groups in total. The van der Waals surface area contributed by atoms with E-state index in [1.165, 1.54) is 0 Å². The second-order valence-electron chi connectivity index (χ2n) is 3.49. The molecule has 0 radical (unpaired) electrons. The predicted molar refractivity (Wildman–Crippen MR) is 61.2 cm³/mol. The molecule has 0 amide bonds. The van der Waals surface area contributed by atoms with Crippen LogP contribution < -0.4 is 0 Å². The Labute approximate surface area is 93.2 Å². The Morgan fingerprint density at radius 2 is 2.00 bits per heavy atom. The van der Waals surface area contributed by atoms with E-state index in [1.54, 1.807) is 17.8 Å². The first-order valence-electron chi connectivity index (χ1n) is 4.91. The highest BCUT2D eigenvalue weighted by atomic mass is 16.1. The van der Waals surface area contributed by atoms with Crippen LogP contribution in [0.5, 0.6) is 0 Å². The average Bonchev–Trinajstić information content (AvgIpc) is 2.59. The van der Waals surface area contributed by atoms with Crippen molar-refractivity contribution >= 4 is 11.9 Å². The summed E-state index contributed by atoms with van der Waals surface area (Å²) in [6.07, 6.45) is 1.54. The van der Waals surface area contributed by atoms with Crippen LogP contribution in [0, 0.1) is 6.92 Å². The van der Waals surface area contributed by atoms with Gasteiger partial charge in [-0.3, -0.25) is 0 Å². The van der Waals surface area contributed by atoms with Gasteiger partial charge in [0.1, 0.15) is 0 Å². The highest BCUT2D eigenvalue weighted by Crippen LogP contribution is 2.28. The molecule has 0 unspecified atom stereocenters. The van der Waals surface area contributed by atoms with Crippen LogP contribution >= 0.6 is 0 Å². The molecule has 16 heavy (non-hydrogen) atoms. The van der Waals surface area contributed by atoms with Gasteiger partial charge in [-0.25, -0.2) is 9.48 Å². The summed E-state index contributed by atoms with van der Waals surface area (Å²) in [6, 6.07) is 9.80. The van der Waals surface area contributed by atoms with Gasteiger partial charge in [-0.15, -0.1) is 4.99 Å². The van der Waals surface area contributed by atoms with Crippen LogP contribution in [0.4, 0.5) is 5.82 Å². The topological polar surface area (TPSA) is 47.2 Å². The first kappa shape index (κ1) is 10.3. The minimum Gasteiger partial charge on any atom is -0.249 e. The molecule has 4 heteroatoms. The highest BCUT2D eigenvalue weighted by molar-refractivity contribution is 5.68. The lowest BCUT2D eigenvalue weighted by Gasteiger charge is -1.96. The van der Waals surface area contributed by atoms with Crippen LogP contribution in [-0.2, 0) is 11.8 Å². The van der Waals surface area contributed by atoms with Crippen molar-refractivity contribution < 1.29 is 4.79 Å². The van der Waals surface area contributed by atoms with Crippen molar-refractivity contribution in [1.29, 1.82) is 0 Å². The second kappa shape index (κ2) is 4.13. The number of aliphatic imine (C=N–C) groups is 1. The number of rotatable bonds is 2. The van der Waals surface area contributed by atoms with Gasteiger partial charge in [0.15, 0.2) is 5.82 Å². The van der Waals surface area contributed by atoms with Crippen molar-refractivity contribution in [3.05, 3.63) is 35.9 Å². The lowest BCUT2D eigenvalue weighted by molar-refractivity contribution is 0.564. The minimum atomic E-state index is 0.550. The van der Waals surface area contributed by atoms with E-state index in [-0.39, 0.29) is 0 Å². The smallest absolute Gasteiger partial charge is 0.242 e. The summed E-state index contributed by atoms with van der Waals surface area (Å²) in [5.74, 6) is 0.550. The van der Waals surface area contributed by atoms with Crippen molar-refractivity contribution in [2.24, 2.45) is 12.0 Å². The Morgan fingerprint density at radius 1 is 1.31 bits per heavy atom. The molecule has 0 spiro atoms. The second-order valence-corrected chi connectivity index (χ2v) is 3.49. The molecule has 4 nitrogen and oxygen atoms in total. The Hall–Kier alpha value is -2.19. The van der Waals surface area contributed by atoms with E-state index < -0.39 is 0 Å². The van der Waals surface area contributed by atoms with E-state index >= 15 is 0 Å². The quantitative estimate of drug-likeness (QED) is 0.568. The maximum absolute atomic E-state index is 10.3. The molecule has 1 aromatic heterocycles. The largest absolute Gasteiger partial charge is 0.249 e. The lowest BCUT2D eigenvalue weighted by atomic mass is 10.1. The average molecular weight is 213 g/mol. The summed E-state index contributed by atoms with van der Waals surface area (Å²) in [4.78, 5) is 13.9. The normalized spacial score (nSPS) is 9.88. The van der Waals surface area contributed by atoms with Crippen LogP contribution in [0.25, 0.3) is 11.3 Å². The van der Waals surface area contributed by atoms with Gasteiger partial charge in [0.25, 0.3) is 0 Å². The molecule has 1 aromatic carbocycles. The van der Waals surface area contributed by atoms with E-state index in [4.69, 9.17) is 0 Å². The number of aryl methyl sites for hydroxylation is 1. The van der Waals surface area contributed by atoms with Gasteiger partial charge >= 0.3 is 0 Å². The fourth-order valence-electron chi connectivity index (χ4n) is 1.69. The molecule has 2 rings (SSSR count). The third-order valence-corrected chi connectivity index (χ3v) is 2.45. The number of hydrogen-bond donors (Lipinski definition) is 0. The lowest BCUT2D eigenvalue weighted by Crippen LogP contribution is -1.89. The SMILES string of the molecule is Cc1c(-c2ccccc2)nn(C)c1N=C=O. The van der Waals surface area contributed by atoms with Gasteiger partial charge in [0, 0.05) is 18.2 Å². The van der Waals surface area contributed by atoms with E-state index in [9.17, 15) is 4.79 Å². The van der Waals surface area contributed by atoms with E-state index in [1.807, 2.05) is 37.3 Å². The number of aromatic nitrogens is 2. The van der Waals surface area contributed by atoms with Crippen LogP contribution in [0.15, 0.2) is 35.3 Å². The molecule has 1 heterocycles. The van der Waals surface area contributed by atoms with E-state index in [2.05, 4.69) is 10.1 Å². The molecule has 0 atom stereocenters. The van der Waals surface area contributed by atoms with E-state index in [0.29, 0.717) is 5.82 Å². The highest BCUT2D eigenvalue weighted by Gasteiger charge is 2.12. The van der Waals surface area contributed by atoms with Crippen molar-refractivity contribution in [2.45, 2.75) is 6.92 Å². The summed E-state index contributed by atoms with van der Waals surface area (Å²) in [5, 5.41) is 4.34. The van der Waals surface area contributed by atoms with Crippen LogP contribution in [0.2, 0.25) is 0 Å². The fourth-order valence-corrected chi connectivity index (χ4v) is 1.69. The predicted octanol–water partition coefficient (Wildman–Crippen LogP) is 2.36. The number of hydrogen-bond acceptors (Lipinski definition) is 3. The van der Waals surface area contributed by atoms with Gasteiger partial charge in [0.2, 0.25) is 6.08 Å². The van der Waals surface area contributed by atoms with Crippen molar-refractivity contribution in [2.75, 3.05) is 0 Å². The Bertz CT molecular complexity index is 551. The molecule has 0 fully saturated rings. The van der Waals surface area contributed by atoms with Crippen LogP contribution in [0.3, 0.4) is 0 Å². The third-order valence-electron chi connectivity index (χ3n) is 2.45. The minimum absolute atomic E-state index is 0.550. The van der Waals surface area contributed by atoms with Gasteiger partial charge < -0.3 is 0 Å². The third kappa shape index (κ3) is 1.66. The molecule has 0 bridgehead atoms. The summed E-state index contributed by atoms with van der Waals surface area (Å²) in [5.41, 5.74) is 2.75. The van der Waals surface area contributed by atoms with Crippen molar-refractivity contribution in [3.8, 4) is 11.3 Å². The van der Waals surface area contributed by atoms with Crippen LogP contribution in [0.1, 0.15) is 5.56 Å². The zero-order valence-corrected chi connectivity index (χ0v) is 9.14. The van der Waals surface area contributed by atoms with E-state index in [0.717, 1.165) is 16.8 Å². The van der Waals surface area contributed by atoms with Gasteiger partial charge in [0.05, 0.1) is 5.69 Å². The van der Waals surface area contributed by atoms with Crippen molar-refractivity contribution in [3.63, 3.8) is 0 Å². The standard InChI is InChI=1S/C12H11N3O/c1-9-11(10-6-4-3-5-7-10)14-15(2)12(9)13-8-16/h3-7H,1-2H3. The molecule has 0 aliphatic rings. The van der Waals surface area contributed by atoms with Crippen molar-refractivity contribution in [1.82, 2.24) is 9.78 Å². The molecule has 0 aliphatic heterocycles. The molecule has 0 saturated heterocycles. The molecule has 0 saturated carbocycles. The summed E-state index contributed by atoms with van der Waals surface area (Å²) in [6.45, 7) is 1.89. The zero-order chi connectivity index (χ0) is 11.5. The number of carbonyl (C=O) groups excluding carboxylic acids is 1. The first-order valence-corrected chi connectivity index (χ1v) is 4.91. The van der Waals surface area contributed by atoms with Gasteiger partial charge in [-0.2, -0.15) is 5.10 Å². The zero-order valence-electron chi connectivity index (χ0n) is 9.14. The summed E-state index contributed by atoms with van der Waals surface area (Å²) in [7, 11) is 1.76. The van der Waals surface area contributed by atoms with Gasteiger partial charge in [-0.1, -0.05) is 30.3 Å². The number of benzene rings is 1. The Balaban J connectivity index is 2.60. The Kier molecular flexibility index (Phi) is 2.66. The maximum atomic E-state index is 10.3. The van der Waals surface area contributed by atoms with Gasteiger partial charge in [-0.05, 0) is 6.92 Å². The van der Waals surface area contributed by atoms with Crippen LogP contribution in [-0.4, -0.2) is 15.9 Å².